The molecule has 6 nitrogen and oxygen atoms in total. The predicted octanol–water partition coefficient (Wildman–Crippen LogP) is 0.143. The van der Waals surface area contributed by atoms with Crippen molar-refractivity contribution in [3.63, 3.8) is 0 Å². The average Bonchev–Trinajstić information content (AvgIpc) is 2.31. The second kappa shape index (κ2) is 6.02. The summed E-state index contributed by atoms with van der Waals surface area (Å²) < 4.78 is 0. The Morgan fingerprint density at radius 3 is 2.61 bits per heavy atom. The van der Waals surface area contributed by atoms with Crippen LogP contribution in [-0.4, -0.2) is 34.7 Å². The number of amides is 1. The van der Waals surface area contributed by atoms with Crippen LogP contribution in [0.2, 0.25) is 0 Å². The minimum Gasteiger partial charge on any atom is -0.480 e. The van der Waals surface area contributed by atoms with Crippen molar-refractivity contribution in [3.05, 3.63) is 29.3 Å². The average molecular weight is 252 g/mol. The van der Waals surface area contributed by atoms with Crippen LogP contribution in [-0.2, 0) is 4.79 Å². The van der Waals surface area contributed by atoms with Gasteiger partial charge < -0.3 is 21.3 Å². The summed E-state index contributed by atoms with van der Waals surface area (Å²) >= 11 is 0. The highest BCUT2D eigenvalue weighted by Crippen LogP contribution is 2.12. The van der Waals surface area contributed by atoms with Crippen molar-refractivity contribution >= 4 is 17.6 Å². The number of benzene rings is 1. The summed E-state index contributed by atoms with van der Waals surface area (Å²) in [7, 11) is 0. The van der Waals surface area contributed by atoms with Gasteiger partial charge in [0.25, 0.3) is 5.91 Å². The van der Waals surface area contributed by atoms with E-state index in [1.165, 1.54) is 6.07 Å². The van der Waals surface area contributed by atoms with Crippen LogP contribution in [0.4, 0.5) is 5.69 Å². The third kappa shape index (κ3) is 3.46. The second-order valence-electron chi connectivity index (χ2n) is 3.95. The number of aryl methyl sites for hydroxylation is 1. The van der Waals surface area contributed by atoms with Crippen molar-refractivity contribution in [2.24, 2.45) is 0 Å². The van der Waals surface area contributed by atoms with Crippen LogP contribution in [0.15, 0.2) is 18.2 Å². The molecule has 1 rings (SSSR count). The molecule has 1 amide bonds. The Morgan fingerprint density at radius 1 is 1.44 bits per heavy atom. The number of rotatable bonds is 5. The number of nitrogen functional groups attached to an aromatic ring is 1. The lowest BCUT2D eigenvalue weighted by Gasteiger charge is -2.13. The first-order chi connectivity index (χ1) is 8.45. The van der Waals surface area contributed by atoms with Gasteiger partial charge in [-0.25, -0.2) is 4.79 Å². The molecule has 1 aromatic rings. The lowest BCUT2D eigenvalue weighted by Crippen LogP contribution is -2.41. The van der Waals surface area contributed by atoms with E-state index in [2.05, 4.69) is 5.32 Å². The molecule has 0 aliphatic heterocycles. The van der Waals surface area contributed by atoms with E-state index < -0.39 is 17.9 Å². The molecule has 1 aromatic carbocycles. The number of carboxylic acid groups (broad SMARTS) is 1. The number of hydrogen-bond acceptors (Lipinski definition) is 4. The van der Waals surface area contributed by atoms with Gasteiger partial charge in [-0.1, -0.05) is 0 Å². The molecule has 5 N–H and O–H groups in total. The number of aliphatic hydroxyl groups is 1. The van der Waals surface area contributed by atoms with Crippen molar-refractivity contribution in [2.45, 2.75) is 19.4 Å². The zero-order chi connectivity index (χ0) is 13.7. The maximum Gasteiger partial charge on any atom is 0.326 e. The number of carbonyl (C=O) groups is 2. The first-order valence-electron chi connectivity index (χ1n) is 5.46. The van der Waals surface area contributed by atoms with E-state index in [9.17, 15) is 9.59 Å². The molecule has 0 fully saturated rings. The molecule has 0 radical (unpaired) electrons. The van der Waals surface area contributed by atoms with E-state index >= 15 is 0 Å². The van der Waals surface area contributed by atoms with Crippen LogP contribution in [0.1, 0.15) is 22.3 Å². The van der Waals surface area contributed by atoms with Gasteiger partial charge in [0.1, 0.15) is 6.04 Å². The molecule has 0 aliphatic carbocycles. The highest BCUT2D eigenvalue weighted by Gasteiger charge is 2.20. The number of nitrogens with one attached hydrogen (secondary N) is 1. The second-order valence-corrected chi connectivity index (χ2v) is 3.95. The van der Waals surface area contributed by atoms with E-state index in [0.29, 0.717) is 11.3 Å². The molecule has 0 saturated carbocycles. The fourth-order valence-corrected chi connectivity index (χ4v) is 1.44. The van der Waals surface area contributed by atoms with E-state index in [0.717, 1.165) is 5.56 Å². The molecule has 0 bridgehead atoms. The topological polar surface area (TPSA) is 113 Å². The van der Waals surface area contributed by atoms with Crippen LogP contribution in [0.3, 0.4) is 0 Å². The quantitative estimate of drug-likeness (QED) is 0.557. The number of carbonyl (C=O) groups excluding carboxylic acids is 1. The van der Waals surface area contributed by atoms with E-state index in [4.69, 9.17) is 15.9 Å². The van der Waals surface area contributed by atoms with Gasteiger partial charge >= 0.3 is 5.97 Å². The van der Waals surface area contributed by atoms with Crippen LogP contribution < -0.4 is 11.1 Å². The Bertz CT molecular complexity index is 459. The maximum atomic E-state index is 11.8. The summed E-state index contributed by atoms with van der Waals surface area (Å²) in [5, 5.41) is 19.9. The Labute approximate surface area is 104 Å². The van der Waals surface area contributed by atoms with Gasteiger partial charge in [-0.3, -0.25) is 4.79 Å². The van der Waals surface area contributed by atoms with Gasteiger partial charge in [0.05, 0.1) is 0 Å². The highest BCUT2D eigenvalue weighted by molar-refractivity contribution is 5.97. The van der Waals surface area contributed by atoms with Gasteiger partial charge in [0.2, 0.25) is 0 Å². The molecule has 1 atom stereocenters. The van der Waals surface area contributed by atoms with Crippen LogP contribution in [0, 0.1) is 6.92 Å². The summed E-state index contributed by atoms with van der Waals surface area (Å²) in [4.78, 5) is 22.6. The minimum absolute atomic E-state index is 0.0327. The maximum absolute atomic E-state index is 11.8. The Kier molecular flexibility index (Phi) is 4.67. The van der Waals surface area contributed by atoms with E-state index in [1.54, 1.807) is 19.1 Å². The Balaban J connectivity index is 2.80. The number of nitrogens with two attached hydrogens (primary N) is 1. The molecule has 98 valence electrons. The number of aliphatic carboxylic acids is 1. The number of hydrogen-bond donors (Lipinski definition) is 4. The third-order valence-corrected chi connectivity index (χ3v) is 2.55. The van der Waals surface area contributed by atoms with Crippen LogP contribution in [0.25, 0.3) is 0 Å². The van der Waals surface area contributed by atoms with Crippen molar-refractivity contribution in [1.29, 1.82) is 0 Å². The molecule has 0 saturated heterocycles. The van der Waals surface area contributed by atoms with E-state index in [-0.39, 0.29) is 13.0 Å². The van der Waals surface area contributed by atoms with Gasteiger partial charge in [0.15, 0.2) is 0 Å². The summed E-state index contributed by atoms with van der Waals surface area (Å²) in [6, 6.07) is 3.60. The first kappa shape index (κ1) is 14.0. The van der Waals surface area contributed by atoms with E-state index in [1.807, 2.05) is 0 Å². The number of aliphatic hydroxyl groups excluding tert-OH is 1. The normalized spacial score (nSPS) is 11.9. The largest absolute Gasteiger partial charge is 0.480 e. The molecular formula is C12H16N2O4. The van der Waals surface area contributed by atoms with Gasteiger partial charge in [0, 0.05) is 24.3 Å². The van der Waals surface area contributed by atoms with Gasteiger partial charge in [-0.05, 0) is 30.7 Å². The third-order valence-electron chi connectivity index (χ3n) is 2.55. The van der Waals surface area contributed by atoms with Gasteiger partial charge in [-0.15, -0.1) is 0 Å². The summed E-state index contributed by atoms with van der Waals surface area (Å²) in [6.45, 7) is 1.45. The SMILES string of the molecule is Cc1cc(C(=O)N[C@@H](CCO)C(=O)O)ccc1N. The molecule has 0 aromatic heterocycles. The smallest absolute Gasteiger partial charge is 0.326 e. The summed E-state index contributed by atoms with van der Waals surface area (Å²) in [5.41, 5.74) is 7.28. The standard InChI is InChI=1S/C12H16N2O4/c1-7-6-8(2-3-9(7)13)11(16)14-10(4-5-15)12(17)18/h2-3,6,10,15H,4-5,13H2,1H3,(H,14,16)(H,17,18)/t10-/m0/s1. The Morgan fingerprint density at radius 2 is 2.11 bits per heavy atom. The fraction of sp³-hybridized carbons (Fsp3) is 0.333. The lowest BCUT2D eigenvalue weighted by atomic mass is 10.1. The number of anilines is 1. The zero-order valence-electron chi connectivity index (χ0n) is 10.0. The minimum atomic E-state index is -1.18. The highest BCUT2D eigenvalue weighted by atomic mass is 16.4. The predicted molar refractivity (Wildman–Crippen MR) is 66.2 cm³/mol. The summed E-state index contributed by atoms with van der Waals surface area (Å²) in [5.74, 6) is -1.68. The number of carboxylic acids is 1. The zero-order valence-corrected chi connectivity index (χ0v) is 10.0. The molecular weight excluding hydrogens is 236 g/mol. The van der Waals surface area contributed by atoms with Crippen LogP contribution in [0.5, 0.6) is 0 Å². The monoisotopic (exact) mass is 252 g/mol. The Hall–Kier alpha value is -2.08. The van der Waals surface area contributed by atoms with Crippen molar-refractivity contribution < 1.29 is 19.8 Å². The van der Waals surface area contributed by atoms with Crippen molar-refractivity contribution in [2.75, 3.05) is 12.3 Å². The summed E-state index contributed by atoms with van der Waals surface area (Å²) in [6.07, 6.45) is -0.0327. The molecule has 0 spiro atoms. The fourth-order valence-electron chi connectivity index (χ4n) is 1.44. The van der Waals surface area contributed by atoms with Crippen LogP contribution >= 0.6 is 0 Å². The molecule has 6 heteroatoms. The van der Waals surface area contributed by atoms with Crippen molar-refractivity contribution in [1.82, 2.24) is 5.32 Å². The molecule has 18 heavy (non-hydrogen) atoms. The van der Waals surface area contributed by atoms with Crippen molar-refractivity contribution in [3.8, 4) is 0 Å². The molecule has 0 heterocycles. The lowest BCUT2D eigenvalue weighted by molar-refractivity contribution is -0.139. The molecule has 0 unspecified atom stereocenters. The molecule has 0 aliphatic rings. The van der Waals surface area contributed by atoms with Gasteiger partial charge in [-0.2, -0.15) is 0 Å². The first-order valence-corrected chi connectivity index (χ1v) is 5.46.